The second-order valence-corrected chi connectivity index (χ2v) is 41.9. The van der Waals surface area contributed by atoms with Gasteiger partial charge in [0, 0.05) is 145 Å². The van der Waals surface area contributed by atoms with Gasteiger partial charge in [0.1, 0.15) is 58.0 Å². The molecule has 28 heteroatoms. The molecule has 2 unspecified atom stereocenters. The van der Waals surface area contributed by atoms with Crippen molar-refractivity contribution in [1.29, 1.82) is 0 Å². The minimum Gasteiger partial charge on any atom is -0.511 e. The molecule has 16 rings (SSSR count). The van der Waals surface area contributed by atoms with E-state index in [0.29, 0.717) is 75.0 Å². The van der Waals surface area contributed by atoms with Crippen LogP contribution in [0.1, 0.15) is 312 Å². The highest BCUT2D eigenvalue weighted by atomic mass is 19.1. The third-order valence-electron chi connectivity index (χ3n) is 28.8. The lowest BCUT2D eigenvalue weighted by Gasteiger charge is -2.30. The third-order valence-corrected chi connectivity index (χ3v) is 28.8. The number of pyridine rings is 4. The summed E-state index contributed by atoms with van der Waals surface area (Å²) in [7, 11) is 1.72. The zero-order valence-electron chi connectivity index (χ0n) is 89.8. The van der Waals surface area contributed by atoms with Crippen LogP contribution in [0.2, 0.25) is 0 Å². The summed E-state index contributed by atoms with van der Waals surface area (Å²) in [6, 6.07) is 36.6. The normalized spacial score (nSPS) is 19.0. The summed E-state index contributed by atoms with van der Waals surface area (Å²) in [5.41, 5.74) is 16.1. The Labute approximate surface area is 872 Å². The van der Waals surface area contributed by atoms with Crippen molar-refractivity contribution in [3.05, 3.63) is 253 Å². The number of aryl methyl sites for hydroxylation is 6. The van der Waals surface area contributed by atoms with Gasteiger partial charge >= 0.3 is 0 Å². The van der Waals surface area contributed by atoms with Gasteiger partial charge in [0.25, 0.3) is 0 Å². The van der Waals surface area contributed by atoms with Crippen LogP contribution in [0.15, 0.2) is 146 Å². The van der Waals surface area contributed by atoms with E-state index in [2.05, 4.69) is 127 Å². The Morgan fingerprint density at radius 3 is 1.10 bits per heavy atom. The summed E-state index contributed by atoms with van der Waals surface area (Å²) in [6.45, 7) is 44.5. The number of fused-ring (bicyclic) bond motifs is 4. The number of carbonyl (C=O) groups is 2. The maximum absolute atomic E-state index is 14.4. The van der Waals surface area contributed by atoms with Crippen molar-refractivity contribution in [2.45, 2.75) is 336 Å². The van der Waals surface area contributed by atoms with Gasteiger partial charge in [-0.1, -0.05) is 86.0 Å². The SMILES string of the molecule is C=C(O)[C@@H](c1ccccc1[C@H](C)OC(C)C)N1CC[C@@H](OCCCCc2ccc3c(n2)NCCC3)C1.C=C(O)[C@H](c1ccccc1[C@H](C)OC(C)C)N1CC[C@@H](OCCCCc2ccc3c(n2)NCCC3)C1.CC(=O)C(c1cc(F)ccc1COC(C)C)N1CC[C@@H](OCCCCc2cc(F)c3c(n2)NCCC3)C1.COc1cc(CCCCO[C@@H]2CCN(C(C(C)=O)c3cc(F)ccc3COC(C)C)C2)nc2c1CCCN2. The van der Waals surface area contributed by atoms with Gasteiger partial charge in [-0.25, -0.2) is 33.1 Å². The van der Waals surface area contributed by atoms with Gasteiger partial charge in [-0.2, -0.15) is 0 Å². The van der Waals surface area contributed by atoms with Gasteiger partial charge in [0.2, 0.25) is 0 Å². The Morgan fingerprint density at radius 2 is 0.735 bits per heavy atom. The van der Waals surface area contributed by atoms with E-state index in [1.807, 2.05) is 79.7 Å². The molecule has 4 fully saturated rings. The first-order valence-corrected chi connectivity index (χ1v) is 54.7. The van der Waals surface area contributed by atoms with Crippen LogP contribution in [0.25, 0.3) is 0 Å². The fourth-order valence-electron chi connectivity index (χ4n) is 21.6. The van der Waals surface area contributed by atoms with Crippen molar-refractivity contribution < 1.29 is 75.6 Å². The molecule has 802 valence electrons. The summed E-state index contributed by atoms with van der Waals surface area (Å²) in [5.74, 6) is 4.22. The Bertz CT molecular complexity index is 5340. The number of Topliss-reactive ketones (excluding diaryl/α,β-unsaturated/α-hetero) is 2. The molecular weight excluding hydrogens is 1860 g/mol. The van der Waals surface area contributed by atoms with Gasteiger partial charge in [-0.3, -0.25) is 29.2 Å². The van der Waals surface area contributed by atoms with Gasteiger partial charge in [-0.05, 0) is 335 Å². The van der Waals surface area contributed by atoms with Crippen molar-refractivity contribution in [3.8, 4) is 5.75 Å². The smallest absolute Gasteiger partial charge is 0.151 e. The van der Waals surface area contributed by atoms with Crippen molar-refractivity contribution in [1.82, 2.24) is 39.5 Å². The Balaban J connectivity index is 0.000000164. The maximum atomic E-state index is 14.4. The molecule has 4 aromatic heterocycles. The van der Waals surface area contributed by atoms with Crippen molar-refractivity contribution >= 4 is 34.8 Å². The second-order valence-electron chi connectivity index (χ2n) is 41.9. The molecule has 10 atom stereocenters. The number of rotatable bonds is 49. The number of unbranched alkanes of at least 4 members (excludes halogenated alkanes) is 4. The number of aliphatic hydroxyl groups is 2. The predicted octanol–water partition coefficient (Wildman–Crippen LogP) is 22.9. The van der Waals surface area contributed by atoms with Crippen LogP contribution in [0.4, 0.5) is 36.4 Å². The molecule has 147 heavy (non-hydrogen) atoms. The van der Waals surface area contributed by atoms with E-state index in [1.165, 1.54) is 53.8 Å². The van der Waals surface area contributed by atoms with Crippen LogP contribution < -0.4 is 26.0 Å². The van der Waals surface area contributed by atoms with Gasteiger partial charge in [0.15, 0.2) is 11.6 Å². The fraction of sp³-hybridized carbons (Fsp3) is 0.580. The van der Waals surface area contributed by atoms with E-state index in [4.69, 9.17) is 57.6 Å². The molecule has 0 bridgehead atoms. The number of ether oxygens (including phenoxy) is 9. The number of nitrogens with zero attached hydrogens (tertiary/aromatic N) is 8. The van der Waals surface area contributed by atoms with Crippen LogP contribution in [0, 0.1) is 17.5 Å². The lowest BCUT2D eigenvalue weighted by Crippen LogP contribution is -2.33. The number of benzene rings is 4. The topological polar surface area (TPSA) is 270 Å². The first kappa shape index (κ1) is 114. The van der Waals surface area contributed by atoms with E-state index >= 15 is 0 Å². The minimum atomic E-state index is -0.520. The van der Waals surface area contributed by atoms with Crippen molar-refractivity contribution in [3.63, 3.8) is 0 Å². The predicted molar refractivity (Wildman–Crippen MR) is 577 cm³/mol. The first-order valence-electron chi connectivity index (χ1n) is 54.7. The van der Waals surface area contributed by atoms with Crippen molar-refractivity contribution in [2.75, 3.05) is 133 Å². The summed E-state index contributed by atoms with van der Waals surface area (Å²) >= 11 is 0. The first-order chi connectivity index (χ1) is 71.0. The lowest BCUT2D eigenvalue weighted by atomic mass is 9.95. The molecule has 12 heterocycles. The molecule has 0 saturated carbocycles. The quantitative estimate of drug-likeness (QED) is 0.0153. The number of aliphatic hydroxyl groups excluding tert-OH is 2. The van der Waals surface area contributed by atoms with Crippen molar-refractivity contribution in [2.24, 2.45) is 0 Å². The van der Waals surface area contributed by atoms with Gasteiger partial charge in [-0.15, -0.1) is 0 Å². The number of nitrogens with one attached hydrogen (secondary N) is 4. The Hall–Kier alpha value is -9.79. The lowest BCUT2D eigenvalue weighted by molar-refractivity contribution is -0.123. The number of ketones is 2. The molecule has 0 radical (unpaired) electrons. The monoisotopic (exact) mass is 2030 g/mol. The van der Waals surface area contributed by atoms with E-state index in [0.717, 1.165) is 286 Å². The molecule has 6 N–H and O–H groups in total. The molecule has 0 amide bonds. The van der Waals surface area contributed by atoms with Gasteiger partial charge in [0.05, 0.1) is 106 Å². The molecular formula is C119H167F3N12O13. The second kappa shape index (κ2) is 58.0. The molecule has 4 aromatic carbocycles. The maximum Gasteiger partial charge on any atom is 0.151 e. The van der Waals surface area contributed by atoms with Gasteiger partial charge < -0.3 is 74.1 Å². The zero-order chi connectivity index (χ0) is 104. The third kappa shape index (κ3) is 34.1. The standard InChI is InChI=1S/C30H42FN3O4.2C30H43N3O3.C29H39F2N3O3/c1-20(2)38-19-22-10-11-23(31)16-27(22)29(21(3)35)34-14-12-25(18-34)37-15-6-5-8-24-17-28(36-4)26-9-7-13-32-30(26)33-24;2*1-21(2)36-23(4)27-12-5-6-13-28(27)29(22(3)34)33-18-16-26(20-33)35-19-8-7-11-25-15-14-24-10-9-17-31-30(24)32-25;1-19(2)37-18-21-9-10-22(30)15-26(21)28(20(3)35)34-13-11-24(17-34)36-14-5-4-7-23-16-27(31)25-8-6-12-32-29(25)33-23/h10-11,16-17,20,25,29H,5-9,12-15,18-19H2,1-4H3,(H,32,33);2*5-6,12-15,21,23,26,29,34H,3,7-11,16-20H2,1-2,4H3,(H,31,32);9-10,15-16,19,24,28H,4-8,11-14,17-18H2,1-3H3,(H,32,33)/t25-,29?;23-,26+,29+;23-,26+,29-;24-,28?/m1001/s1. The number of hydrogen-bond acceptors (Lipinski definition) is 25. The van der Waals surface area contributed by atoms with Crippen LogP contribution >= 0.6 is 0 Å². The summed E-state index contributed by atoms with van der Waals surface area (Å²) in [5, 5.41) is 34.6. The Morgan fingerprint density at radius 1 is 0.395 bits per heavy atom. The minimum absolute atomic E-state index is 0.00418. The number of methoxy groups -OCH3 is 1. The molecule has 25 nitrogen and oxygen atoms in total. The molecule has 4 saturated heterocycles. The number of likely N-dealkylation sites (tertiary alicyclic amines) is 4. The van der Waals surface area contributed by atoms with E-state index in [1.54, 1.807) is 39.2 Å². The molecule has 0 aliphatic carbocycles. The zero-order valence-corrected chi connectivity index (χ0v) is 89.8. The van der Waals surface area contributed by atoms with E-state index in [-0.39, 0.29) is 114 Å². The number of carbonyl (C=O) groups excluding carboxylic acids is 2. The Kier molecular flexibility index (Phi) is 45.1. The average Bonchev–Trinajstić information content (AvgIpc) is 1.64. The number of halogens is 3. The van der Waals surface area contributed by atoms with Crippen LogP contribution in [0.3, 0.4) is 0 Å². The number of anilines is 4. The van der Waals surface area contributed by atoms with E-state index < -0.39 is 12.1 Å². The van der Waals surface area contributed by atoms with Crippen LogP contribution in [-0.2, 0) is 112 Å². The van der Waals surface area contributed by atoms with E-state index in [9.17, 15) is 33.0 Å². The van der Waals surface area contributed by atoms with Crippen LogP contribution in [0.5, 0.6) is 5.75 Å². The molecule has 0 spiro atoms. The van der Waals surface area contributed by atoms with Crippen LogP contribution in [-0.4, -0.2) is 222 Å². The average molecular weight is 2030 g/mol. The fourth-order valence-corrected chi connectivity index (χ4v) is 21.6. The summed E-state index contributed by atoms with van der Waals surface area (Å²) < 4.78 is 96.8. The highest BCUT2D eigenvalue weighted by molar-refractivity contribution is 5.84. The molecule has 8 aliphatic heterocycles. The largest absolute Gasteiger partial charge is 0.511 e. The highest BCUT2D eigenvalue weighted by Gasteiger charge is 2.40. The highest BCUT2D eigenvalue weighted by Crippen LogP contribution is 2.42. The molecule has 8 aliphatic rings. The number of aromatic nitrogens is 4. The summed E-state index contributed by atoms with van der Waals surface area (Å²) in [6.07, 6.45) is 24.0. The summed E-state index contributed by atoms with van der Waals surface area (Å²) in [4.78, 5) is 53.2. The number of hydrogen-bond donors (Lipinski definition) is 6. The molecule has 8 aromatic rings.